The fraction of sp³-hybridized carbons (Fsp3) is 0.400. The molecule has 0 spiro atoms. The molecule has 0 bridgehead atoms. The van der Waals surface area contributed by atoms with Crippen molar-refractivity contribution in [2.24, 2.45) is 11.8 Å². The van der Waals surface area contributed by atoms with Crippen molar-refractivity contribution in [3.8, 4) is 0 Å². The Kier molecular flexibility index (Phi) is 3.13. The summed E-state index contributed by atoms with van der Waals surface area (Å²) in [5, 5.41) is 5.42. The van der Waals surface area contributed by atoms with Gasteiger partial charge in [-0.25, -0.2) is 0 Å². The average Bonchev–Trinajstić information content (AvgIpc) is 3.19. The van der Waals surface area contributed by atoms with E-state index in [-0.39, 0.29) is 0 Å². The molecule has 0 radical (unpaired) electrons. The molecule has 3 heteroatoms. The summed E-state index contributed by atoms with van der Waals surface area (Å²) >= 11 is 5.99. The van der Waals surface area contributed by atoms with Gasteiger partial charge in [-0.05, 0) is 48.9 Å². The van der Waals surface area contributed by atoms with E-state index in [0.717, 1.165) is 40.0 Å². The van der Waals surface area contributed by atoms with E-state index in [4.69, 9.17) is 11.6 Å². The third-order valence-electron chi connectivity index (χ3n) is 3.75. The van der Waals surface area contributed by atoms with Gasteiger partial charge in [-0.1, -0.05) is 18.5 Å². The highest BCUT2D eigenvalue weighted by molar-refractivity contribution is 6.31. The van der Waals surface area contributed by atoms with Crippen LogP contribution < -0.4 is 5.32 Å². The number of benzene rings is 1. The van der Waals surface area contributed by atoms with Crippen molar-refractivity contribution in [2.75, 3.05) is 11.9 Å². The monoisotopic (exact) mass is 260 g/mol. The van der Waals surface area contributed by atoms with E-state index in [1.54, 1.807) is 0 Å². The number of aromatic nitrogens is 1. The van der Waals surface area contributed by atoms with E-state index in [1.807, 2.05) is 30.5 Å². The zero-order chi connectivity index (χ0) is 12.5. The molecule has 1 aromatic carbocycles. The third-order valence-corrected chi connectivity index (χ3v) is 3.98. The zero-order valence-corrected chi connectivity index (χ0v) is 11.2. The first-order chi connectivity index (χ1) is 8.74. The van der Waals surface area contributed by atoms with Crippen molar-refractivity contribution >= 4 is 28.2 Å². The van der Waals surface area contributed by atoms with Crippen LogP contribution in [-0.4, -0.2) is 11.5 Å². The molecule has 1 aromatic heterocycles. The summed E-state index contributed by atoms with van der Waals surface area (Å²) < 4.78 is 0. The highest BCUT2D eigenvalue weighted by atomic mass is 35.5. The standard InChI is InChI=1S/C15H17ClN2/c1-10(11-2-3-11)9-18-14-6-7-17-15-8-12(16)4-5-13(14)15/h4-8,10-11H,2-3,9H2,1H3,(H,17,18). The molecular formula is C15H17ClN2. The molecule has 1 N–H and O–H groups in total. The molecule has 18 heavy (non-hydrogen) atoms. The van der Waals surface area contributed by atoms with E-state index in [9.17, 15) is 0 Å². The minimum absolute atomic E-state index is 0.735. The van der Waals surface area contributed by atoms with Crippen LogP contribution in [-0.2, 0) is 0 Å². The first-order valence-electron chi connectivity index (χ1n) is 6.52. The van der Waals surface area contributed by atoms with Crippen LogP contribution in [0.15, 0.2) is 30.5 Å². The lowest BCUT2D eigenvalue weighted by Gasteiger charge is -2.14. The lowest BCUT2D eigenvalue weighted by atomic mass is 10.1. The van der Waals surface area contributed by atoms with Gasteiger partial charge in [-0.15, -0.1) is 0 Å². The van der Waals surface area contributed by atoms with E-state index in [0.29, 0.717) is 0 Å². The first-order valence-corrected chi connectivity index (χ1v) is 6.90. The van der Waals surface area contributed by atoms with Crippen LogP contribution in [0.3, 0.4) is 0 Å². The fourth-order valence-corrected chi connectivity index (χ4v) is 2.54. The number of anilines is 1. The number of rotatable bonds is 4. The van der Waals surface area contributed by atoms with E-state index >= 15 is 0 Å². The van der Waals surface area contributed by atoms with Gasteiger partial charge < -0.3 is 5.32 Å². The van der Waals surface area contributed by atoms with Crippen LogP contribution in [0.2, 0.25) is 5.02 Å². The van der Waals surface area contributed by atoms with Gasteiger partial charge in [0.25, 0.3) is 0 Å². The summed E-state index contributed by atoms with van der Waals surface area (Å²) in [5.74, 6) is 1.68. The summed E-state index contributed by atoms with van der Waals surface area (Å²) in [7, 11) is 0. The number of fused-ring (bicyclic) bond motifs is 1. The number of nitrogens with zero attached hydrogens (tertiary/aromatic N) is 1. The van der Waals surface area contributed by atoms with Gasteiger partial charge in [0.1, 0.15) is 0 Å². The second-order valence-corrected chi connectivity index (χ2v) is 5.65. The fourth-order valence-electron chi connectivity index (χ4n) is 2.38. The molecule has 1 aliphatic carbocycles. The normalized spacial score (nSPS) is 16.8. The van der Waals surface area contributed by atoms with Crippen molar-refractivity contribution in [2.45, 2.75) is 19.8 Å². The Morgan fingerprint density at radius 2 is 2.22 bits per heavy atom. The van der Waals surface area contributed by atoms with Crippen LogP contribution in [0.25, 0.3) is 10.9 Å². The topological polar surface area (TPSA) is 24.9 Å². The maximum absolute atomic E-state index is 5.99. The van der Waals surface area contributed by atoms with Gasteiger partial charge in [0.15, 0.2) is 0 Å². The predicted molar refractivity (Wildman–Crippen MR) is 77.1 cm³/mol. The molecule has 94 valence electrons. The number of hydrogen-bond acceptors (Lipinski definition) is 2. The molecule has 0 amide bonds. The summed E-state index contributed by atoms with van der Waals surface area (Å²) in [4.78, 5) is 4.35. The van der Waals surface area contributed by atoms with Gasteiger partial charge in [-0.3, -0.25) is 4.98 Å². The van der Waals surface area contributed by atoms with Crippen LogP contribution in [0.5, 0.6) is 0 Å². The Morgan fingerprint density at radius 3 is 3.00 bits per heavy atom. The van der Waals surface area contributed by atoms with Crippen LogP contribution in [0, 0.1) is 11.8 Å². The molecule has 3 rings (SSSR count). The highest BCUT2D eigenvalue weighted by Crippen LogP contribution is 2.36. The van der Waals surface area contributed by atoms with Crippen LogP contribution >= 0.6 is 11.6 Å². The Hall–Kier alpha value is -1.28. The molecule has 1 aliphatic rings. The lowest BCUT2D eigenvalue weighted by Crippen LogP contribution is -2.13. The maximum Gasteiger partial charge on any atom is 0.0737 e. The Labute approximate surface area is 112 Å². The third kappa shape index (κ3) is 2.44. The smallest absolute Gasteiger partial charge is 0.0737 e. The molecule has 1 heterocycles. The average molecular weight is 261 g/mol. The minimum atomic E-state index is 0.735. The summed E-state index contributed by atoms with van der Waals surface area (Å²) in [6, 6.07) is 7.90. The quantitative estimate of drug-likeness (QED) is 0.884. The van der Waals surface area contributed by atoms with Gasteiger partial charge in [0, 0.05) is 28.8 Å². The van der Waals surface area contributed by atoms with Crippen LogP contribution in [0.1, 0.15) is 19.8 Å². The molecule has 1 fully saturated rings. The van der Waals surface area contributed by atoms with E-state index in [2.05, 4.69) is 17.2 Å². The number of halogens is 1. The van der Waals surface area contributed by atoms with Gasteiger partial charge in [0.2, 0.25) is 0 Å². The molecule has 1 unspecified atom stereocenters. The van der Waals surface area contributed by atoms with Crippen molar-refractivity contribution in [3.63, 3.8) is 0 Å². The molecule has 2 nitrogen and oxygen atoms in total. The number of hydrogen-bond donors (Lipinski definition) is 1. The zero-order valence-electron chi connectivity index (χ0n) is 10.5. The van der Waals surface area contributed by atoms with Gasteiger partial charge >= 0.3 is 0 Å². The second kappa shape index (κ2) is 4.77. The second-order valence-electron chi connectivity index (χ2n) is 5.22. The van der Waals surface area contributed by atoms with Crippen molar-refractivity contribution in [1.29, 1.82) is 0 Å². The van der Waals surface area contributed by atoms with Crippen molar-refractivity contribution in [1.82, 2.24) is 4.98 Å². The van der Waals surface area contributed by atoms with E-state index in [1.165, 1.54) is 12.8 Å². The van der Waals surface area contributed by atoms with Gasteiger partial charge in [-0.2, -0.15) is 0 Å². The number of pyridine rings is 1. The Morgan fingerprint density at radius 1 is 1.39 bits per heavy atom. The maximum atomic E-state index is 5.99. The molecule has 1 saturated carbocycles. The molecule has 0 saturated heterocycles. The SMILES string of the molecule is CC(CNc1ccnc2cc(Cl)ccc12)C1CC1. The predicted octanol–water partition coefficient (Wildman–Crippen LogP) is 4.35. The number of nitrogens with one attached hydrogen (secondary N) is 1. The van der Waals surface area contributed by atoms with Crippen LogP contribution in [0.4, 0.5) is 5.69 Å². The van der Waals surface area contributed by atoms with Gasteiger partial charge in [0.05, 0.1) is 5.52 Å². The lowest BCUT2D eigenvalue weighted by molar-refractivity contribution is 0.537. The summed E-state index contributed by atoms with van der Waals surface area (Å²) in [5.41, 5.74) is 2.11. The molecule has 2 aromatic rings. The minimum Gasteiger partial charge on any atom is -0.384 e. The molecular weight excluding hydrogens is 244 g/mol. The van der Waals surface area contributed by atoms with Crippen molar-refractivity contribution < 1.29 is 0 Å². The first kappa shape index (κ1) is 11.8. The summed E-state index contributed by atoms with van der Waals surface area (Å²) in [6.45, 7) is 3.36. The highest BCUT2D eigenvalue weighted by Gasteiger charge is 2.27. The van der Waals surface area contributed by atoms with E-state index < -0.39 is 0 Å². The molecule has 0 aliphatic heterocycles. The Balaban J connectivity index is 1.82. The van der Waals surface area contributed by atoms with Crippen molar-refractivity contribution in [3.05, 3.63) is 35.5 Å². The molecule has 1 atom stereocenters. The largest absolute Gasteiger partial charge is 0.384 e. The Bertz CT molecular complexity index is 563. The summed E-state index contributed by atoms with van der Waals surface area (Å²) in [6.07, 6.45) is 4.63.